The van der Waals surface area contributed by atoms with Crippen molar-refractivity contribution in [2.45, 2.75) is 31.2 Å². The third kappa shape index (κ3) is 3.71. The summed E-state index contributed by atoms with van der Waals surface area (Å²) < 4.78 is 54.7. The van der Waals surface area contributed by atoms with Crippen LogP contribution < -0.4 is 0 Å². The van der Waals surface area contributed by atoms with Gasteiger partial charge in [0, 0.05) is 31.5 Å². The van der Waals surface area contributed by atoms with Crippen LogP contribution in [-0.4, -0.2) is 37.0 Å². The van der Waals surface area contributed by atoms with Gasteiger partial charge >= 0.3 is 0 Å². The van der Waals surface area contributed by atoms with E-state index in [9.17, 15) is 22.4 Å². The Kier molecular flexibility index (Phi) is 5.38. The van der Waals surface area contributed by atoms with Gasteiger partial charge in [-0.2, -0.15) is 4.39 Å². The van der Waals surface area contributed by atoms with E-state index in [4.69, 9.17) is 0 Å². The molecule has 0 bridgehead atoms. The molecule has 1 aromatic carbocycles. The van der Waals surface area contributed by atoms with Crippen LogP contribution in [0.25, 0.3) is 0 Å². The number of halogens is 4. The maximum absolute atomic E-state index is 13.8. The number of carbonyl (C=O) groups excluding carboxylic acids is 1. The predicted octanol–water partition coefficient (Wildman–Crippen LogP) is 4.71. The van der Waals surface area contributed by atoms with Gasteiger partial charge in [0.05, 0.1) is 12.1 Å². The van der Waals surface area contributed by atoms with Crippen molar-refractivity contribution in [3.63, 3.8) is 0 Å². The molecule has 2 aromatic rings. The quantitative estimate of drug-likeness (QED) is 0.517. The summed E-state index contributed by atoms with van der Waals surface area (Å²) in [6, 6.07) is 6.35. The molecule has 1 aromatic heterocycles. The van der Waals surface area contributed by atoms with Gasteiger partial charge in [-0.3, -0.25) is 19.7 Å². The molecule has 0 saturated heterocycles. The first-order valence-electron chi connectivity index (χ1n) is 8.72. The number of nitrogens with zero attached hydrogens (tertiary/aromatic N) is 3. The minimum atomic E-state index is -3.03. The van der Waals surface area contributed by atoms with Crippen LogP contribution >= 0.6 is 11.3 Å². The lowest BCUT2D eigenvalue weighted by atomic mass is 9.77. The molecule has 29 heavy (non-hydrogen) atoms. The van der Waals surface area contributed by atoms with Gasteiger partial charge < -0.3 is 0 Å². The van der Waals surface area contributed by atoms with Crippen molar-refractivity contribution in [1.29, 1.82) is 0 Å². The second-order valence-electron chi connectivity index (χ2n) is 7.08. The highest BCUT2D eigenvalue weighted by Gasteiger charge is 2.48. The number of amides is 1. The van der Waals surface area contributed by atoms with Crippen LogP contribution in [0.1, 0.15) is 35.8 Å². The van der Waals surface area contributed by atoms with Crippen LogP contribution in [0.4, 0.5) is 17.6 Å². The zero-order chi connectivity index (χ0) is 21.6. The molecule has 2 heterocycles. The van der Waals surface area contributed by atoms with E-state index >= 15 is 0 Å². The summed E-state index contributed by atoms with van der Waals surface area (Å²) in [5.74, 6) is -5.17. The number of hydrogen-bond donors (Lipinski definition) is 0. The van der Waals surface area contributed by atoms with E-state index in [1.165, 1.54) is 49.5 Å². The summed E-state index contributed by atoms with van der Waals surface area (Å²) in [5, 5.41) is -1.01. The van der Waals surface area contributed by atoms with E-state index in [0.29, 0.717) is 16.9 Å². The van der Waals surface area contributed by atoms with Crippen LogP contribution in [-0.2, 0) is 16.3 Å². The highest BCUT2D eigenvalue weighted by atomic mass is 32.1. The lowest BCUT2D eigenvalue weighted by Crippen LogP contribution is -2.50. The van der Waals surface area contributed by atoms with Gasteiger partial charge in [0.1, 0.15) is 11.4 Å². The molecule has 4 nitrogen and oxygen atoms in total. The Morgan fingerprint density at radius 3 is 2.38 bits per heavy atom. The van der Waals surface area contributed by atoms with Gasteiger partial charge in [0.25, 0.3) is 5.92 Å². The molecule has 9 heteroatoms. The second kappa shape index (κ2) is 7.37. The Morgan fingerprint density at radius 2 is 1.90 bits per heavy atom. The number of aliphatic imine (C=N–C) groups is 2. The molecule has 154 valence electrons. The molecular weight excluding hydrogens is 406 g/mol. The SMILES string of the molecule is CN=CC1=N[C@](C)(c2cc(F)c(F)s2)[C@@H](c2ccc(C(C)(F)F)cc2)C(=O)N1C. The summed E-state index contributed by atoms with van der Waals surface area (Å²) in [7, 11) is 3.03. The van der Waals surface area contributed by atoms with E-state index in [0.717, 1.165) is 13.0 Å². The molecule has 0 aliphatic carbocycles. The lowest BCUT2D eigenvalue weighted by Gasteiger charge is -2.40. The van der Waals surface area contributed by atoms with Crippen LogP contribution in [0.2, 0.25) is 0 Å². The number of rotatable bonds is 4. The van der Waals surface area contributed by atoms with Crippen molar-refractivity contribution < 1.29 is 22.4 Å². The maximum Gasteiger partial charge on any atom is 0.270 e. The molecule has 0 radical (unpaired) electrons. The van der Waals surface area contributed by atoms with Crippen molar-refractivity contribution in [3.8, 4) is 0 Å². The first-order chi connectivity index (χ1) is 13.5. The Balaban J connectivity index is 2.20. The molecule has 1 amide bonds. The fraction of sp³-hybridized carbons (Fsp3) is 0.350. The first-order valence-corrected chi connectivity index (χ1v) is 9.54. The second-order valence-corrected chi connectivity index (χ2v) is 8.08. The van der Waals surface area contributed by atoms with E-state index < -0.39 is 28.3 Å². The fourth-order valence-corrected chi connectivity index (χ4v) is 4.27. The van der Waals surface area contributed by atoms with Gasteiger partial charge in [-0.1, -0.05) is 24.3 Å². The maximum atomic E-state index is 13.8. The zero-order valence-corrected chi connectivity index (χ0v) is 17.0. The minimum Gasteiger partial charge on any atom is -0.298 e. The number of alkyl halides is 2. The van der Waals surface area contributed by atoms with Crippen molar-refractivity contribution in [2.75, 3.05) is 14.1 Å². The normalized spacial score (nSPS) is 23.0. The largest absolute Gasteiger partial charge is 0.298 e. The van der Waals surface area contributed by atoms with Gasteiger partial charge in [0.15, 0.2) is 5.82 Å². The highest BCUT2D eigenvalue weighted by molar-refractivity contribution is 7.10. The molecule has 1 aliphatic heterocycles. The van der Waals surface area contributed by atoms with Crippen molar-refractivity contribution in [2.24, 2.45) is 9.98 Å². The van der Waals surface area contributed by atoms with Gasteiger partial charge in [-0.05, 0) is 18.6 Å². The fourth-order valence-electron chi connectivity index (χ4n) is 3.38. The summed E-state index contributed by atoms with van der Waals surface area (Å²) in [6.07, 6.45) is 1.38. The Morgan fingerprint density at radius 1 is 1.28 bits per heavy atom. The number of hydrogen-bond acceptors (Lipinski definition) is 4. The topological polar surface area (TPSA) is 45.0 Å². The van der Waals surface area contributed by atoms with Crippen molar-refractivity contribution >= 4 is 29.3 Å². The summed E-state index contributed by atoms with van der Waals surface area (Å²) in [5.41, 5.74) is -1.12. The average molecular weight is 425 g/mol. The molecule has 0 unspecified atom stereocenters. The van der Waals surface area contributed by atoms with Gasteiger partial charge in [-0.15, -0.1) is 11.3 Å². The van der Waals surface area contributed by atoms with E-state index in [1.807, 2.05) is 0 Å². The Hall–Kier alpha value is -2.55. The molecule has 0 N–H and O–H groups in total. The van der Waals surface area contributed by atoms with Crippen LogP contribution in [0.5, 0.6) is 0 Å². The number of carbonyl (C=O) groups is 1. The highest BCUT2D eigenvalue weighted by Crippen LogP contribution is 2.47. The number of likely N-dealkylation sites (N-methyl/N-ethyl adjacent to an activating group) is 1. The first kappa shape index (κ1) is 21.2. The number of amidine groups is 1. The molecule has 0 spiro atoms. The number of benzene rings is 1. The van der Waals surface area contributed by atoms with E-state index in [-0.39, 0.29) is 22.2 Å². The monoisotopic (exact) mass is 425 g/mol. The Labute approximate surface area is 169 Å². The van der Waals surface area contributed by atoms with Gasteiger partial charge in [0.2, 0.25) is 11.0 Å². The summed E-state index contributed by atoms with van der Waals surface area (Å²) >= 11 is 0.565. The molecule has 0 fully saturated rings. The molecular formula is C20H19F4N3OS. The molecule has 2 atom stereocenters. The Bertz CT molecular complexity index is 975. The zero-order valence-electron chi connectivity index (χ0n) is 16.2. The third-order valence-corrected chi connectivity index (χ3v) is 6.09. The van der Waals surface area contributed by atoms with Crippen LogP contribution in [0.3, 0.4) is 0 Å². The van der Waals surface area contributed by atoms with Crippen molar-refractivity contribution in [1.82, 2.24) is 4.90 Å². The standard InChI is InChI=1S/C20H19F4N3OS/c1-19(14-9-13(21)17(22)29-14)16(18(28)27(4)15(26-19)10-25-3)11-5-7-12(8-6-11)20(2,23)24/h5-10,16H,1-4H3/t16-,19+/m0/s1. The van der Waals surface area contributed by atoms with Crippen LogP contribution in [0.15, 0.2) is 40.3 Å². The van der Waals surface area contributed by atoms with E-state index in [2.05, 4.69) is 9.98 Å². The van der Waals surface area contributed by atoms with E-state index in [1.54, 1.807) is 6.92 Å². The molecule has 0 saturated carbocycles. The van der Waals surface area contributed by atoms with Crippen LogP contribution in [0, 0.1) is 10.9 Å². The average Bonchev–Trinajstić information content (AvgIpc) is 2.99. The molecule has 1 aliphatic rings. The predicted molar refractivity (Wildman–Crippen MR) is 105 cm³/mol. The smallest absolute Gasteiger partial charge is 0.270 e. The van der Waals surface area contributed by atoms with Gasteiger partial charge in [-0.25, -0.2) is 13.2 Å². The number of thiophene rings is 1. The summed E-state index contributed by atoms with van der Waals surface area (Å²) in [4.78, 5) is 23.2. The van der Waals surface area contributed by atoms with Crippen molar-refractivity contribution in [3.05, 3.63) is 57.3 Å². The molecule has 3 rings (SSSR count). The minimum absolute atomic E-state index is 0.199. The third-order valence-electron chi connectivity index (χ3n) is 4.97. The summed E-state index contributed by atoms with van der Waals surface area (Å²) in [6.45, 7) is 2.38. The lowest BCUT2D eigenvalue weighted by molar-refractivity contribution is -0.130.